The molecular weight excluding hydrogens is 214 g/mol. The first-order valence-corrected chi connectivity index (χ1v) is 4.64. The van der Waals surface area contributed by atoms with Crippen molar-refractivity contribution in [1.29, 1.82) is 0 Å². The number of anilines is 1. The van der Waals surface area contributed by atoms with E-state index < -0.39 is 0 Å². The largest absolute Gasteiger partial charge is 0.382 e. The van der Waals surface area contributed by atoms with Gasteiger partial charge in [-0.3, -0.25) is 0 Å². The Labute approximate surface area is 81.6 Å². The average Bonchev–Trinajstić information content (AvgIpc) is 2.07. The second-order valence-corrected chi connectivity index (χ2v) is 3.49. The summed E-state index contributed by atoms with van der Waals surface area (Å²) >= 11 is 3.45. The maximum atomic E-state index is 3.64. The van der Waals surface area contributed by atoms with E-state index in [9.17, 15) is 0 Å². The quantitative estimate of drug-likeness (QED) is 0.779. The van der Waals surface area contributed by atoms with Gasteiger partial charge in [0, 0.05) is 16.7 Å². The zero-order chi connectivity index (χ0) is 8.97. The molecule has 0 saturated carbocycles. The number of halogens is 1. The van der Waals surface area contributed by atoms with Crippen LogP contribution in [0.3, 0.4) is 0 Å². The van der Waals surface area contributed by atoms with Gasteiger partial charge in [0.2, 0.25) is 0 Å². The molecule has 0 aliphatic rings. The lowest BCUT2D eigenvalue weighted by molar-refractivity contribution is 1.32. The third-order valence-corrected chi connectivity index (χ3v) is 2.50. The summed E-state index contributed by atoms with van der Waals surface area (Å²) in [5.74, 6) is 0. The molecule has 12 heavy (non-hydrogen) atoms. The van der Waals surface area contributed by atoms with E-state index in [1.54, 1.807) is 0 Å². The van der Waals surface area contributed by atoms with Gasteiger partial charge in [-0.2, -0.15) is 0 Å². The molecule has 64 valence electrons. The van der Waals surface area contributed by atoms with Gasteiger partial charge in [0.1, 0.15) is 0 Å². The molecule has 0 atom stereocenters. The average molecular weight is 226 g/mol. The molecule has 0 unspecified atom stereocenters. The van der Waals surface area contributed by atoms with E-state index in [2.05, 4.69) is 40.8 Å². The fourth-order valence-corrected chi connectivity index (χ4v) is 1.19. The van der Waals surface area contributed by atoms with Crippen LogP contribution in [0.2, 0.25) is 0 Å². The van der Waals surface area contributed by atoms with Gasteiger partial charge >= 0.3 is 0 Å². The highest BCUT2D eigenvalue weighted by Crippen LogP contribution is 2.19. The third-order valence-electron chi connectivity index (χ3n) is 1.61. The van der Waals surface area contributed by atoms with Gasteiger partial charge in [-0.15, -0.1) is 6.58 Å². The van der Waals surface area contributed by atoms with Crippen molar-refractivity contribution < 1.29 is 0 Å². The number of aryl methyl sites for hydroxylation is 1. The molecular formula is C10H12BrN. The first kappa shape index (κ1) is 9.33. The predicted molar refractivity (Wildman–Crippen MR) is 57.6 cm³/mol. The molecule has 0 bridgehead atoms. The maximum absolute atomic E-state index is 3.64. The second-order valence-electron chi connectivity index (χ2n) is 2.63. The summed E-state index contributed by atoms with van der Waals surface area (Å²) in [5, 5.41) is 3.22. The van der Waals surface area contributed by atoms with Crippen molar-refractivity contribution in [3.05, 3.63) is 40.9 Å². The topological polar surface area (TPSA) is 12.0 Å². The molecule has 1 aromatic carbocycles. The van der Waals surface area contributed by atoms with Gasteiger partial charge in [-0.05, 0) is 30.7 Å². The van der Waals surface area contributed by atoms with E-state index in [4.69, 9.17) is 0 Å². The lowest BCUT2D eigenvalue weighted by Crippen LogP contribution is -1.97. The highest BCUT2D eigenvalue weighted by molar-refractivity contribution is 9.10. The molecule has 1 aromatic rings. The number of hydrogen-bond acceptors (Lipinski definition) is 1. The van der Waals surface area contributed by atoms with Gasteiger partial charge in [0.05, 0.1) is 0 Å². The van der Waals surface area contributed by atoms with Gasteiger partial charge in [-0.1, -0.05) is 22.0 Å². The first-order valence-electron chi connectivity index (χ1n) is 3.85. The lowest BCUT2D eigenvalue weighted by atomic mass is 10.2. The van der Waals surface area contributed by atoms with Gasteiger partial charge in [0.15, 0.2) is 0 Å². The number of hydrogen-bond donors (Lipinski definition) is 1. The SMILES string of the molecule is C=CCNc1ccc(Br)c(C)c1. The van der Waals surface area contributed by atoms with E-state index in [-0.39, 0.29) is 0 Å². The van der Waals surface area contributed by atoms with Gasteiger partial charge in [0.25, 0.3) is 0 Å². The van der Waals surface area contributed by atoms with Crippen LogP contribution in [0.25, 0.3) is 0 Å². The Bertz CT molecular complexity index is 281. The Balaban J connectivity index is 2.75. The van der Waals surface area contributed by atoms with Crippen LogP contribution in [0.5, 0.6) is 0 Å². The van der Waals surface area contributed by atoms with E-state index in [1.807, 2.05) is 18.2 Å². The Morgan fingerprint density at radius 3 is 2.92 bits per heavy atom. The van der Waals surface area contributed by atoms with Crippen molar-refractivity contribution in [2.24, 2.45) is 0 Å². The normalized spacial score (nSPS) is 9.50. The summed E-state index contributed by atoms with van der Waals surface area (Å²) in [6.45, 7) is 6.52. The van der Waals surface area contributed by atoms with E-state index >= 15 is 0 Å². The minimum atomic E-state index is 0.807. The lowest BCUT2D eigenvalue weighted by Gasteiger charge is -2.04. The van der Waals surface area contributed by atoms with Crippen LogP contribution in [0.1, 0.15) is 5.56 Å². The van der Waals surface area contributed by atoms with Crippen LogP contribution in [0.4, 0.5) is 5.69 Å². The van der Waals surface area contributed by atoms with Crippen LogP contribution in [-0.4, -0.2) is 6.54 Å². The fourth-order valence-electron chi connectivity index (χ4n) is 0.945. The van der Waals surface area contributed by atoms with Crippen LogP contribution >= 0.6 is 15.9 Å². The van der Waals surface area contributed by atoms with Crippen molar-refractivity contribution in [3.63, 3.8) is 0 Å². The monoisotopic (exact) mass is 225 g/mol. The van der Waals surface area contributed by atoms with Crippen molar-refractivity contribution in [2.75, 3.05) is 11.9 Å². The molecule has 0 aromatic heterocycles. The molecule has 1 nitrogen and oxygen atoms in total. The smallest absolute Gasteiger partial charge is 0.0346 e. The maximum Gasteiger partial charge on any atom is 0.0346 e. The fraction of sp³-hybridized carbons (Fsp3) is 0.200. The Morgan fingerprint density at radius 2 is 2.33 bits per heavy atom. The first-order chi connectivity index (χ1) is 5.74. The predicted octanol–water partition coefficient (Wildman–Crippen LogP) is 3.36. The van der Waals surface area contributed by atoms with Crippen LogP contribution in [0, 0.1) is 6.92 Å². The summed E-state index contributed by atoms with van der Waals surface area (Å²) in [5.41, 5.74) is 2.37. The second kappa shape index (κ2) is 4.31. The Kier molecular flexibility index (Phi) is 3.35. The molecule has 0 amide bonds. The Morgan fingerprint density at radius 1 is 1.58 bits per heavy atom. The molecule has 0 saturated heterocycles. The van der Waals surface area contributed by atoms with Crippen molar-refractivity contribution in [1.82, 2.24) is 0 Å². The molecule has 1 rings (SSSR count). The zero-order valence-corrected chi connectivity index (χ0v) is 8.69. The van der Waals surface area contributed by atoms with E-state index in [0.717, 1.165) is 16.7 Å². The molecule has 0 aliphatic carbocycles. The van der Waals surface area contributed by atoms with Crippen molar-refractivity contribution in [2.45, 2.75) is 6.92 Å². The molecule has 0 fully saturated rings. The van der Waals surface area contributed by atoms with E-state index in [0.29, 0.717) is 0 Å². The summed E-state index contributed by atoms with van der Waals surface area (Å²) in [6.07, 6.45) is 1.84. The third kappa shape index (κ3) is 2.38. The minimum Gasteiger partial charge on any atom is -0.382 e. The molecule has 0 radical (unpaired) electrons. The van der Waals surface area contributed by atoms with Gasteiger partial charge < -0.3 is 5.32 Å². The molecule has 0 spiro atoms. The zero-order valence-electron chi connectivity index (χ0n) is 7.10. The van der Waals surface area contributed by atoms with Crippen LogP contribution < -0.4 is 5.32 Å². The van der Waals surface area contributed by atoms with Crippen LogP contribution in [0.15, 0.2) is 35.3 Å². The number of benzene rings is 1. The van der Waals surface area contributed by atoms with Crippen molar-refractivity contribution in [3.8, 4) is 0 Å². The summed E-state index contributed by atoms with van der Waals surface area (Å²) in [7, 11) is 0. The molecule has 0 heterocycles. The van der Waals surface area contributed by atoms with Gasteiger partial charge in [-0.25, -0.2) is 0 Å². The number of rotatable bonds is 3. The standard InChI is InChI=1S/C10H12BrN/c1-3-6-12-9-4-5-10(11)8(2)7-9/h3-5,7,12H,1,6H2,2H3. The molecule has 0 aliphatic heterocycles. The summed E-state index contributed by atoms with van der Waals surface area (Å²) in [4.78, 5) is 0. The molecule has 1 N–H and O–H groups in total. The number of nitrogens with one attached hydrogen (secondary N) is 1. The summed E-state index contributed by atoms with van der Waals surface area (Å²) < 4.78 is 1.15. The molecule has 2 heteroatoms. The van der Waals surface area contributed by atoms with Crippen LogP contribution in [-0.2, 0) is 0 Å². The summed E-state index contributed by atoms with van der Waals surface area (Å²) in [6, 6.07) is 6.19. The van der Waals surface area contributed by atoms with Crippen molar-refractivity contribution >= 4 is 21.6 Å². The van der Waals surface area contributed by atoms with E-state index in [1.165, 1.54) is 5.56 Å². The minimum absolute atomic E-state index is 0.807. The Hall–Kier alpha value is -0.760. The highest BCUT2D eigenvalue weighted by atomic mass is 79.9. The highest BCUT2D eigenvalue weighted by Gasteiger charge is 1.94.